The minimum Gasteiger partial charge on any atom is -0.355 e. The first-order valence-electron chi connectivity index (χ1n) is 7.60. The van der Waals surface area contributed by atoms with Crippen LogP contribution in [-0.4, -0.2) is 43.5 Å². The second-order valence-electron chi connectivity index (χ2n) is 5.22. The van der Waals surface area contributed by atoms with Gasteiger partial charge in [0.2, 0.25) is 0 Å². The van der Waals surface area contributed by atoms with Gasteiger partial charge in [-0.2, -0.15) is 11.8 Å². The van der Waals surface area contributed by atoms with Gasteiger partial charge < -0.3 is 16.0 Å². The highest BCUT2D eigenvalue weighted by Gasteiger charge is 2.15. The lowest BCUT2D eigenvalue weighted by molar-refractivity contribution is 0.0963. The van der Waals surface area contributed by atoms with Gasteiger partial charge in [-0.05, 0) is 36.3 Å². The second-order valence-corrected chi connectivity index (χ2v) is 6.63. The molecule has 0 saturated carbocycles. The van der Waals surface area contributed by atoms with Crippen LogP contribution in [0.5, 0.6) is 0 Å². The van der Waals surface area contributed by atoms with Crippen LogP contribution < -0.4 is 16.0 Å². The van der Waals surface area contributed by atoms with Gasteiger partial charge in [-0.1, -0.05) is 12.1 Å². The van der Waals surface area contributed by atoms with Gasteiger partial charge in [0.15, 0.2) is 5.96 Å². The molecule has 0 aromatic heterocycles. The summed E-state index contributed by atoms with van der Waals surface area (Å²) in [7, 11) is 3.41. The van der Waals surface area contributed by atoms with Crippen LogP contribution in [-0.2, 0) is 6.54 Å². The third-order valence-corrected chi connectivity index (χ3v) is 5.02. The molecule has 1 atom stereocenters. The molecule has 22 heavy (non-hydrogen) atoms. The molecule has 1 heterocycles. The lowest BCUT2D eigenvalue weighted by atomic mass is 10.1. The van der Waals surface area contributed by atoms with Crippen LogP contribution in [0.25, 0.3) is 0 Å². The Balaban J connectivity index is 1.83. The zero-order valence-electron chi connectivity index (χ0n) is 13.2. The topological polar surface area (TPSA) is 65.5 Å². The number of nitrogens with one attached hydrogen (secondary N) is 3. The molecule has 1 aliphatic rings. The second kappa shape index (κ2) is 8.68. The molecule has 0 radical (unpaired) electrons. The van der Waals surface area contributed by atoms with Gasteiger partial charge in [-0.3, -0.25) is 9.79 Å². The molecule has 2 rings (SSSR count). The van der Waals surface area contributed by atoms with Crippen molar-refractivity contribution in [2.45, 2.75) is 24.6 Å². The quantitative estimate of drug-likeness (QED) is 0.570. The minimum atomic E-state index is -0.0670. The number of hydrogen-bond acceptors (Lipinski definition) is 3. The van der Waals surface area contributed by atoms with E-state index in [1.807, 2.05) is 36.0 Å². The van der Waals surface area contributed by atoms with Crippen molar-refractivity contribution in [1.82, 2.24) is 16.0 Å². The fourth-order valence-electron chi connectivity index (χ4n) is 2.39. The summed E-state index contributed by atoms with van der Waals surface area (Å²) < 4.78 is 0. The van der Waals surface area contributed by atoms with Crippen LogP contribution in [0.3, 0.4) is 0 Å². The predicted molar refractivity (Wildman–Crippen MR) is 93.5 cm³/mol. The average molecular weight is 320 g/mol. The molecule has 1 unspecified atom stereocenters. The molecule has 120 valence electrons. The number of carbonyl (C=O) groups excluding carboxylic acids is 1. The molecule has 1 aliphatic heterocycles. The van der Waals surface area contributed by atoms with Gasteiger partial charge in [0.05, 0.1) is 0 Å². The molecule has 1 amide bonds. The largest absolute Gasteiger partial charge is 0.355 e. The van der Waals surface area contributed by atoms with Crippen LogP contribution >= 0.6 is 11.8 Å². The number of nitrogens with zero attached hydrogens (tertiary/aromatic N) is 1. The van der Waals surface area contributed by atoms with Crippen molar-refractivity contribution in [3.05, 3.63) is 35.4 Å². The van der Waals surface area contributed by atoms with Crippen LogP contribution in [0.1, 0.15) is 28.8 Å². The number of hydrogen-bond donors (Lipinski definition) is 3. The normalized spacial score (nSPS) is 18.1. The van der Waals surface area contributed by atoms with E-state index in [9.17, 15) is 4.79 Å². The molecule has 1 aromatic carbocycles. The van der Waals surface area contributed by atoms with Gasteiger partial charge >= 0.3 is 0 Å². The molecular weight excluding hydrogens is 296 g/mol. The van der Waals surface area contributed by atoms with Crippen LogP contribution in [0.15, 0.2) is 29.3 Å². The smallest absolute Gasteiger partial charge is 0.251 e. The standard InChI is InChI=1S/C16H24N4OS/c1-17-15(21)13-6-3-5-12(9-13)10-19-16(18-2)20-11-14-7-4-8-22-14/h3,5-6,9,14H,4,7-8,10-11H2,1-2H3,(H,17,21)(H2,18,19,20). The monoisotopic (exact) mass is 320 g/mol. The first-order valence-corrected chi connectivity index (χ1v) is 8.65. The SMILES string of the molecule is CN=C(NCc1cccc(C(=O)NC)c1)NCC1CCCS1. The van der Waals surface area contributed by atoms with Gasteiger partial charge in [0.1, 0.15) is 0 Å². The Morgan fingerprint density at radius 3 is 2.95 bits per heavy atom. The lowest BCUT2D eigenvalue weighted by Crippen LogP contribution is -2.39. The highest BCUT2D eigenvalue weighted by atomic mass is 32.2. The lowest BCUT2D eigenvalue weighted by Gasteiger charge is -2.15. The number of carbonyl (C=O) groups is 1. The maximum atomic E-state index is 11.6. The zero-order chi connectivity index (χ0) is 15.8. The minimum absolute atomic E-state index is 0.0670. The van der Waals surface area contributed by atoms with Crippen molar-refractivity contribution >= 4 is 23.6 Å². The van der Waals surface area contributed by atoms with Crippen LogP contribution in [0.4, 0.5) is 0 Å². The van der Waals surface area contributed by atoms with E-state index in [0.717, 1.165) is 18.1 Å². The third-order valence-electron chi connectivity index (χ3n) is 3.62. The molecule has 6 heteroatoms. The van der Waals surface area contributed by atoms with E-state index >= 15 is 0 Å². The highest BCUT2D eigenvalue weighted by molar-refractivity contribution is 8.00. The van der Waals surface area contributed by atoms with E-state index in [-0.39, 0.29) is 5.91 Å². The highest BCUT2D eigenvalue weighted by Crippen LogP contribution is 2.25. The molecule has 1 fully saturated rings. The van der Waals surface area contributed by atoms with Crippen molar-refractivity contribution in [3.8, 4) is 0 Å². The fraction of sp³-hybridized carbons (Fsp3) is 0.500. The molecule has 0 spiro atoms. The zero-order valence-corrected chi connectivity index (χ0v) is 14.0. The van der Waals surface area contributed by atoms with E-state index < -0.39 is 0 Å². The molecule has 1 saturated heterocycles. The molecule has 0 aliphatic carbocycles. The number of aliphatic imine (C=N–C) groups is 1. The van der Waals surface area contributed by atoms with Crippen molar-refractivity contribution in [3.63, 3.8) is 0 Å². The Morgan fingerprint density at radius 1 is 1.41 bits per heavy atom. The summed E-state index contributed by atoms with van der Waals surface area (Å²) in [6.45, 7) is 1.59. The number of amides is 1. The maximum Gasteiger partial charge on any atom is 0.251 e. The van der Waals surface area contributed by atoms with Gasteiger partial charge in [0.25, 0.3) is 5.91 Å². The summed E-state index contributed by atoms with van der Waals surface area (Å²) in [5.74, 6) is 2.01. The summed E-state index contributed by atoms with van der Waals surface area (Å²) >= 11 is 2.03. The number of guanidine groups is 1. The van der Waals surface area contributed by atoms with E-state index in [0.29, 0.717) is 17.4 Å². The van der Waals surface area contributed by atoms with Crippen molar-refractivity contribution in [1.29, 1.82) is 0 Å². The summed E-state index contributed by atoms with van der Waals surface area (Å²) in [6, 6.07) is 7.60. The third kappa shape index (κ3) is 4.94. The number of thioether (sulfide) groups is 1. The first-order chi connectivity index (χ1) is 10.7. The van der Waals surface area contributed by atoms with Crippen LogP contribution in [0.2, 0.25) is 0 Å². The predicted octanol–water partition coefficient (Wildman–Crippen LogP) is 1.61. The van der Waals surface area contributed by atoms with Crippen molar-refractivity contribution < 1.29 is 4.79 Å². The number of rotatable bonds is 5. The van der Waals surface area contributed by atoms with E-state index in [1.165, 1.54) is 18.6 Å². The van der Waals surface area contributed by atoms with Crippen molar-refractivity contribution in [2.75, 3.05) is 26.4 Å². The van der Waals surface area contributed by atoms with E-state index in [4.69, 9.17) is 0 Å². The average Bonchev–Trinajstić information content (AvgIpc) is 3.08. The molecule has 5 nitrogen and oxygen atoms in total. The Bertz CT molecular complexity index is 527. The van der Waals surface area contributed by atoms with Crippen molar-refractivity contribution in [2.24, 2.45) is 4.99 Å². The molecular formula is C16H24N4OS. The summed E-state index contributed by atoms with van der Waals surface area (Å²) in [5.41, 5.74) is 1.73. The van der Waals surface area contributed by atoms with E-state index in [1.54, 1.807) is 14.1 Å². The first kappa shape index (κ1) is 16.7. The Labute approximate surface area is 136 Å². The Morgan fingerprint density at radius 2 is 2.27 bits per heavy atom. The van der Waals surface area contributed by atoms with Gasteiger partial charge in [-0.15, -0.1) is 0 Å². The molecule has 3 N–H and O–H groups in total. The summed E-state index contributed by atoms with van der Waals surface area (Å²) in [4.78, 5) is 15.9. The maximum absolute atomic E-state index is 11.6. The van der Waals surface area contributed by atoms with Gasteiger partial charge in [-0.25, -0.2) is 0 Å². The van der Waals surface area contributed by atoms with Gasteiger partial charge in [0, 0.05) is 38.0 Å². The van der Waals surface area contributed by atoms with E-state index in [2.05, 4.69) is 20.9 Å². The molecule has 0 bridgehead atoms. The summed E-state index contributed by atoms with van der Waals surface area (Å²) in [5, 5.41) is 9.99. The Kier molecular flexibility index (Phi) is 6.58. The van der Waals surface area contributed by atoms with Crippen LogP contribution in [0, 0.1) is 0 Å². The fourth-order valence-corrected chi connectivity index (χ4v) is 3.59. The molecule has 1 aromatic rings. The Hall–Kier alpha value is -1.69. The summed E-state index contributed by atoms with van der Waals surface area (Å²) in [6.07, 6.45) is 2.60. The number of benzene rings is 1.